The van der Waals surface area contributed by atoms with Gasteiger partial charge in [-0.3, -0.25) is 4.57 Å². The van der Waals surface area contributed by atoms with Gasteiger partial charge < -0.3 is 14.2 Å². The lowest BCUT2D eigenvalue weighted by molar-refractivity contribution is 0.122. The highest BCUT2D eigenvalue weighted by molar-refractivity contribution is 7.98. The molecule has 8 nitrogen and oxygen atoms in total. The molecular formula is C23H23FN6O2S. The monoisotopic (exact) mass is 466 g/mol. The second-order valence-corrected chi connectivity index (χ2v) is 8.76. The Balaban J connectivity index is 1.40. The molecule has 0 saturated carbocycles. The van der Waals surface area contributed by atoms with E-state index in [-0.39, 0.29) is 5.82 Å². The van der Waals surface area contributed by atoms with Crippen molar-refractivity contribution in [2.24, 2.45) is 0 Å². The number of hydrogen-bond donors (Lipinski definition) is 0. The lowest BCUT2D eigenvalue weighted by Gasteiger charge is -2.28. The van der Waals surface area contributed by atoms with E-state index in [1.807, 2.05) is 12.1 Å². The summed E-state index contributed by atoms with van der Waals surface area (Å²) in [5.74, 6) is 1.69. The standard InChI is InChI=1S/C23H23FN6O2S/c1-15-4-3-5-18(12-15)30-22(29-8-10-31-11-9-29)26-27-23(30)33-14-20-25-21(28-32-20)17-7-6-16(2)19(24)13-17/h3-7,12-13H,8-11,14H2,1-2H3. The smallest absolute Gasteiger partial charge is 0.237 e. The molecule has 0 bridgehead atoms. The maximum Gasteiger partial charge on any atom is 0.237 e. The molecular weight excluding hydrogens is 443 g/mol. The number of ether oxygens (including phenoxy) is 1. The molecule has 1 saturated heterocycles. The van der Waals surface area contributed by atoms with Crippen molar-refractivity contribution >= 4 is 17.7 Å². The molecule has 0 amide bonds. The van der Waals surface area contributed by atoms with Gasteiger partial charge in [-0.2, -0.15) is 4.98 Å². The van der Waals surface area contributed by atoms with Crippen LogP contribution >= 0.6 is 11.8 Å². The maximum absolute atomic E-state index is 13.9. The molecule has 0 atom stereocenters. The van der Waals surface area contributed by atoms with E-state index in [1.54, 1.807) is 19.1 Å². The van der Waals surface area contributed by atoms with E-state index < -0.39 is 0 Å². The van der Waals surface area contributed by atoms with Gasteiger partial charge in [-0.15, -0.1) is 10.2 Å². The highest BCUT2D eigenvalue weighted by atomic mass is 32.2. The molecule has 10 heteroatoms. The SMILES string of the molecule is Cc1cccc(-n2c(SCc3nc(-c4ccc(C)c(F)c4)no3)nnc2N2CCOCC2)c1. The van der Waals surface area contributed by atoms with E-state index in [0.29, 0.717) is 41.8 Å². The third-order valence-electron chi connectivity index (χ3n) is 5.39. The van der Waals surface area contributed by atoms with Crippen molar-refractivity contribution in [3.63, 3.8) is 0 Å². The molecule has 1 aliphatic rings. The summed E-state index contributed by atoms with van der Waals surface area (Å²) in [7, 11) is 0. The highest BCUT2D eigenvalue weighted by Gasteiger charge is 2.22. The lowest BCUT2D eigenvalue weighted by atomic mass is 10.1. The summed E-state index contributed by atoms with van der Waals surface area (Å²) in [5.41, 5.74) is 3.29. The van der Waals surface area contributed by atoms with Gasteiger partial charge in [0.15, 0.2) is 5.16 Å². The van der Waals surface area contributed by atoms with Gasteiger partial charge in [0.2, 0.25) is 17.7 Å². The summed E-state index contributed by atoms with van der Waals surface area (Å²) in [6, 6.07) is 13.1. The molecule has 1 fully saturated rings. The third kappa shape index (κ3) is 4.62. The molecule has 0 spiro atoms. The van der Waals surface area contributed by atoms with E-state index in [1.165, 1.54) is 17.8 Å². The number of hydrogen-bond acceptors (Lipinski definition) is 8. The average molecular weight is 467 g/mol. The molecule has 2 aromatic heterocycles. The van der Waals surface area contributed by atoms with Crippen molar-refractivity contribution < 1.29 is 13.7 Å². The highest BCUT2D eigenvalue weighted by Crippen LogP contribution is 2.30. The van der Waals surface area contributed by atoms with Crippen LogP contribution in [0.15, 0.2) is 52.1 Å². The van der Waals surface area contributed by atoms with Crippen LogP contribution in [0.2, 0.25) is 0 Å². The Morgan fingerprint density at radius 3 is 2.70 bits per heavy atom. The second kappa shape index (κ2) is 9.32. The molecule has 3 heterocycles. The fourth-order valence-electron chi connectivity index (χ4n) is 3.61. The number of thioether (sulfide) groups is 1. The first kappa shape index (κ1) is 21.6. The number of aromatic nitrogens is 5. The van der Waals surface area contributed by atoms with Crippen molar-refractivity contribution in [1.82, 2.24) is 24.9 Å². The predicted octanol–water partition coefficient (Wildman–Crippen LogP) is 4.20. The number of halogens is 1. The molecule has 0 unspecified atom stereocenters. The Morgan fingerprint density at radius 1 is 1.06 bits per heavy atom. The van der Waals surface area contributed by atoms with E-state index >= 15 is 0 Å². The quantitative estimate of drug-likeness (QED) is 0.391. The van der Waals surface area contributed by atoms with Gasteiger partial charge in [0.05, 0.1) is 24.7 Å². The van der Waals surface area contributed by atoms with Crippen molar-refractivity contribution in [1.29, 1.82) is 0 Å². The summed E-state index contributed by atoms with van der Waals surface area (Å²) >= 11 is 1.46. The lowest BCUT2D eigenvalue weighted by Crippen LogP contribution is -2.37. The van der Waals surface area contributed by atoms with E-state index in [4.69, 9.17) is 9.26 Å². The third-order valence-corrected chi connectivity index (χ3v) is 6.31. The van der Waals surface area contributed by atoms with Crippen LogP contribution < -0.4 is 4.90 Å². The molecule has 5 rings (SSSR count). The zero-order valence-electron chi connectivity index (χ0n) is 18.4. The first-order valence-corrected chi connectivity index (χ1v) is 11.6. The van der Waals surface area contributed by atoms with Gasteiger partial charge in [-0.1, -0.05) is 41.2 Å². The van der Waals surface area contributed by atoms with Crippen molar-refractivity contribution in [2.75, 3.05) is 31.2 Å². The van der Waals surface area contributed by atoms with Gasteiger partial charge in [0.1, 0.15) is 5.82 Å². The molecule has 170 valence electrons. The molecule has 33 heavy (non-hydrogen) atoms. The number of nitrogens with zero attached hydrogens (tertiary/aromatic N) is 6. The first-order valence-electron chi connectivity index (χ1n) is 10.7. The molecule has 1 aliphatic heterocycles. The second-order valence-electron chi connectivity index (χ2n) is 7.82. The minimum atomic E-state index is -0.296. The Bertz CT molecular complexity index is 1270. The Hall–Kier alpha value is -3.24. The number of aryl methyl sites for hydroxylation is 2. The van der Waals surface area contributed by atoms with E-state index in [2.05, 4.69) is 48.9 Å². The number of benzene rings is 2. The van der Waals surface area contributed by atoms with Crippen LogP contribution in [-0.4, -0.2) is 51.2 Å². The van der Waals surface area contributed by atoms with E-state index in [0.717, 1.165) is 35.4 Å². The predicted molar refractivity (Wildman–Crippen MR) is 123 cm³/mol. The summed E-state index contributed by atoms with van der Waals surface area (Å²) in [6.45, 7) is 6.61. The normalized spacial score (nSPS) is 14.1. The molecule has 2 aromatic carbocycles. The topological polar surface area (TPSA) is 82.1 Å². The van der Waals surface area contributed by atoms with Gasteiger partial charge in [0.25, 0.3) is 0 Å². The van der Waals surface area contributed by atoms with Gasteiger partial charge in [-0.05, 0) is 43.2 Å². The number of rotatable bonds is 6. The van der Waals surface area contributed by atoms with Gasteiger partial charge in [0, 0.05) is 18.7 Å². The fraction of sp³-hybridized carbons (Fsp3) is 0.304. The Labute approximate surface area is 194 Å². The van der Waals surface area contributed by atoms with Crippen molar-refractivity contribution in [2.45, 2.75) is 24.8 Å². The molecule has 0 aliphatic carbocycles. The molecule has 0 radical (unpaired) electrons. The van der Waals surface area contributed by atoms with Gasteiger partial charge in [-0.25, -0.2) is 4.39 Å². The van der Waals surface area contributed by atoms with Gasteiger partial charge >= 0.3 is 0 Å². The maximum atomic E-state index is 13.9. The van der Waals surface area contributed by atoms with Crippen molar-refractivity contribution in [3.8, 4) is 17.1 Å². The Morgan fingerprint density at radius 2 is 1.91 bits per heavy atom. The van der Waals surface area contributed by atoms with Crippen LogP contribution in [0.5, 0.6) is 0 Å². The van der Waals surface area contributed by atoms with Crippen LogP contribution in [0.3, 0.4) is 0 Å². The van der Waals surface area contributed by atoms with E-state index in [9.17, 15) is 4.39 Å². The van der Waals surface area contributed by atoms with Crippen LogP contribution in [0.25, 0.3) is 17.1 Å². The first-order chi connectivity index (χ1) is 16.1. The fourth-order valence-corrected chi connectivity index (χ4v) is 4.39. The summed E-state index contributed by atoms with van der Waals surface area (Å²) < 4.78 is 26.9. The van der Waals surface area contributed by atoms with Crippen LogP contribution in [0.1, 0.15) is 17.0 Å². The summed E-state index contributed by atoms with van der Waals surface area (Å²) in [5, 5.41) is 13.7. The zero-order valence-corrected chi connectivity index (χ0v) is 19.2. The zero-order chi connectivity index (χ0) is 22.8. The molecule has 4 aromatic rings. The Kier molecular flexibility index (Phi) is 6.10. The largest absolute Gasteiger partial charge is 0.378 e. The number of morpholine rings is 1. The van der Waals surface area contributed by atoms with Crippen LogP contribution in [-0.2, 0) is 10.5 Å². The minimum Gasteiger partial charge on any atom is -0.378 e. The van der Waals surface area contributed by atoms with Crippen LogP contribution in [0, 0.1) is 19.7 Å². The summed E-state index contributed by atoms with van der Waals surface area (Å²) in [4.78, 5) is 6.61. The van der Waals surface area contributed by atoms with Crippen molar-refractivity contribution in [3.05, 3.63) is 65.3 Å². The summed E-state index contributed by atoms with van der Waals surface area (Å²) in [6.07, 6.45) is 0. The van der Waals surface area contributed by atoms with Crippen LogP contribution in [0.4, 0.5) is 10.3 Å². The average Bonchev–Trinajstić information content (AvgIpc) is 3.47. The molecule has 0 N–H and O–H groups in total. The minimum absolute atomic E-state index is 0.296. The number of anilines is 1.